The van der Waals surface area contributed by atoms with Crippen LogP contribution < -0.4 is 21.3 Å². The van der Waals surface area contributed by atoms with Crippen molar-refractivity contribution in [1.82, 2.24) is 10.6 Å². The number of hydrogen-bond acceptors (Lipinski definition) is 5. The standard InChI is InChI=1S/C33H38N4O6S/c1-21(2)18-27(31(41)37-28(32(42)43)19-23-10-8-22(9-11-23)14-17-30(39)40)36-29(38)20-24-12-15-26(16-13-24)35-33(44)34-25-6-4-3-5-7-25/h3-13,15-16,21,27-28H,14,17-20H2,1-2H3,(H,36,38)(H,37,41)(H,39,40)(H,42,43)(H2,34,35,44). The summed E-state index contributed by atoms with van der Waals surface area (Å²) < 4.78 is 0. The van der Waals surface area contributed by atoms with Crippen molar-refractivity contribution in [3.05, 3.63) is 95.6 Å². The maximum Gasteiger partial charge on any atom is 0.326 e. The van der Waals surface area contributed by atoms with Crippen LogP contribution >= 0.6 is 12.2 Å². The number of benzene rings is 3. The average molecular weight is 619 g/mol. The molecule has 3 aromatic rings. The molecule has 44 heavy (non-hydrogen) atoms. The van der Waals surface area contributed by atoms with Crippen molar-refractivity contribution in [3.8, 4) is 0 Å². The summed E-state index contributed by atoms with van der Waals surface area (Å²) in [6.45, 7) is 3.83. The van der Waals surface area contributed by atoms with E-state index < -0.39 is 29.9 Å². The zero-order valence-electron chi connectivity index (χ0n) is 24.7. The third-order valence-corrected chi connectivity index (χ3v) is 6.88. The minimum atomic E-state index is -1.21. The van der Waals surface area contributed by atoms with E-state index in [0.717, 1.165) is 22.5 Å². The highest BCUT2D eigenvalue weighted by Gasteiger charge is 2.27. The van der Waals surface area contributed by atoms with Crippen molar-refractivity contribution in [3.63, 3.8) is 0 Å². The highest BCUT2D eigenvalue weighted by atomic mass is 32.1. The molecule has 2 amide bonds. The van der Waals surface area contributed by atoms with Gasteiger partial charge in [0.25, 0.3) is 0 Å². The van der Waals surface area contributed by atoms with Crippen LogP contribution in [-0.4, -0.2) is 51.2 Å². The molecule has 2 unspecified atom stereocenters. The SMILES string of the molecule is CC(C)CC(NC(=O)Cc1ccc(NC(=S)Nc2ccccc2)cc1)C(=O)NC(Cc1ccc(CCC(=O)O)cc1)C(=O)O. The monoisotopic (exact) mass is 618 g/mol. The lowest BCUT2D eigenvalue weighted by molar-refractivity contribution is -0.142. The maximum absolute atomic E-state index is 13.2. The van der Waals surface area contributed by atoms with Gasteiger partial charge in [-0.15, -0.1) is 0 Å². The lowest BCUT2D eigenvalue weighted by atomic mass is 10.00. The molecule has 0 aliphatic rings. The van der Waals surface area contributed by atoms with Crippen molar-refractivity contribution < 1.29 is 29.4 Å². The topological polar surface area (TPSA) is 157 Å². The molecular weight excluding hydrogens is 580 g/mol. The number of hydrogen-bond donors (Lipinski definition) is 6. The number of carboxylic acid groups (broad SMARTS) is 2. The highest BCUT2D eigenvalue weighted by Crippen LogP contribution is 2.14. The van der Waals surface area contributed by atoms with E-state index in [1.54, 1.807) is 48.5 Å². The molecule has 3 rings (SSSR count). The number of carboxylic acids is 2. The van der Waals surface area contributed by atoms with Crippen molar-refractivity contribution in [1.29, 1.82) is 0 Å². The Kier molecular flexibility index (Phi) is 12.8. The highest BCUT2D eigenvalue weighted by molar-refractivity contribution is 7.80. The van der Waals surface area contributed by atoms with Gasteiger partial charge >= 0.3 is 11.9 Å². The molecule has 232 valence electrons. The molecule has 2 atom stereocenters. The van der Waals surface area contributed by atoms with Crippen LogP contribution in [0.2, 0.25) is 0 Å². The van der Waals surface area contributed by atoms with Crippen LogP contribution in [0.3, 0.4) is 0 Å². The molecule has 0 spiro atoms. The lowest BCUT2D eigenvalue weighted by Crippen LogP contribution is -2.52. The molecular formula is C33H38N4O6S. The molecule has 0 saturated heterocycles. The fraction of sp³-hybridized carbons (Fsp3) is 0.303. The van der Waals surface area contributed by atoms with E-state index in [0.29, 0.717) is 23.5 Å². The van der Waals surface area contributed by atoms with E-state index in [9.17, 15) is 24.3 Å². The van der Waals surface area contributed by atoms with Crippen LogP contribution in [0.5, 0.6) is 0 Å². The van der Waals surface area contributed by atoms with Crippen molar-refractivity contribution in [2.45, 2.75) is 58.0 Å². The van der Waals surface area contributed by atoms with E-state index in [1.807, 2.05) is 44.2 Å². The number of carbonyl (C=O) groups excluding carboxylic acids is 2. The van der Waals surface area contributed by atoms with Gasteiger partial charge in [0.05, 0.1) is 6.42 Å². The molecule has 0 radical (unpaired) electrons. The fourth-order valence-corrected chi connectivity index (χ4v) is 4.69. The molecule has 0 aliphatic carbocycles. The summed E-state index contributed by atoms with van der Waals surface area (Å²) in [6, 6.07) is 21.5. The number of nitrogens with one attached hydrogen (secondary N) is 4. The first-order chi connectivity index (χ1) is 21.0. The van der Waals surface area contributed by atoms with Crippen LogP contribution in [0, 0.1) is 5.92 Å². The Morgan fingerprint density at radius 2 is 1.30 bits per heavy atom. The Balaban J connectivity index is 1.56. The van der Waals surface area contributed by atoms with Gasteiger partial charge in [-0.05, 0) is 71.9 Å². The van der Waals surface area contributed by atoms with Gasteiger partial charge in [0.1, 0.15) is 12.1 Å². The first-order valence-corrected chi connectivity index (χ1v) is 14.7. The predicted octanol–water partition coefficient (Wildman–Crippen LogP) is 4.40. The van der Waals surface area contributed by atoms with Gasteiger partial charge in [0.2, 0.25) is 11.8 Å². The molecule has 0 fully saturated rings. The average Bonchev–Trinajstić information content (AvgIpc) is 2.97. The number of thiocarbonyl (C=S) groups is 1. The number of aryl methyl sites for hydroxylation is 1. The molecule has 0 aliphatic heterocycles. The molecule has 11 heteroatoms. The number of amides is 2. The summed E-state index contributed by atoms with van der Waals surface area (Å²) in [7, 11) is 0. The first kappa shape index (κ1) is 33.7. The minimum Gasteiger partial charge on any atom is -0.481 e. The number of aliphatic carboxylic acids is 2. The molecule has 3 aromatic carbocycles. The van der Waals surface area contributed by atoms with Crippen LogP contribution in [0.1, 0.15) is 43.4 Å². The Hall–Kier alpha value is -4.77. The summed E-state index contributed by atoms with van der Waals surface area (Å²) in [4.78, 5) is 48.9. The second-order valence-corrected chi connectivity index (χ2v) is 11.3. The molecule has 10 nitrogen and oxygen atoms in total. The van der Waals surface area contributed by atoms with Gasteiger partial charge in [-0.1, -0.05) is 68.4 Å². The minimum absolute atomic E-state index is 0.000164. The first-order valence-electron chi connectivity index (χ1n) is 14.3. The normalized spacial score (nSPS) is 12.1. The van der Waals surface area contributed by atoms with E-state index in [-0.39, 0.29) is 31.1 Å². The number of para-hydroxylation sites is 1. The van der Waals surface area contributed by atoms with Crippen LogP contribution in [0.15, 0.2) is 78.9 Å². The number of carbonyl (C=O) groups is 4. The quantitative estimate of drug-likeness (QED) is 0.136. The van der Waals surface area contributed by atoms with Crippen molar-refractivity contribution >= 4 is 52.5 Å². The van der Waals surface area contributed by atoms with Gasteiger partial charge in [-0.3, -0.25) is 14.4 Å². The smallest absolute Gasteiger partial charge is 0.326 e. The lowest BCUT2D eigenvalue weighted by Gasteiger charge is -2.23. The van der Waals surface area contributed by atoms with E-state index in [2.05, 4.69) is 21.3 Å². The molecule has 0 heterocycles. The predicted molar refractivity (Wildman–Crippen MR) is 173 cm³/mol. The second-order valence-electron chi connectivity index (χ2n) is 10.9. The Morgan fingerprint density at radius 3 is 1.86 bits per heavy atom. The van der Waals surface area contributed by atoms with Crippen molar-refractivity contribution in [2.75, 3.05) is 10.6 Å². The van der Waals surface area contributed by atoms with Gasteiger partial charge < -0.3 is 31.5 Å². The molecule has 0 saturated carbocycles. The summed E-state index contributed by atoms with van der Waals surface area (Å²) in [5, 5.41) is 30.6. The third-order valence-electron chi connectivity index (χ3n) is 6.67. The molecule has 6 N–H and O–H groups in total. The van der Waals surface area contributed by atoms with Crippen molar-refractivity contribution in [2.24, 2.45) is 5.92 Å². The molecule has 0 bridgehead atoms. The summed E-state index contributed by atoms with van der Waals surface area (Å²) >= 11 is 5.35. The van der Waals surface area contributed by atoms with Gasteiger partial charge in [-0.25, -0.2) is 4.79 Å². The van der Waals surface area contributed by atoms with Crippen LogP contribution in [0.4, 0.5) is 11.4 Å². The number of rotatable bonds is 15. The summed E-state index contributed by atoms with van der Waals surface area (Å²) in [5.41, 5.74) is 3.83. The maximum atomic E-state index is 13.2. The second kappa shape index (κ2) is 16.8. The van der Waals surface area contributed by atoms with Gasteiger partial charge in [0, 0.05) is 24.2 Å². The largest absolute Gasteiger partial charge is 0.481 e. The van der Waals surface area contributed by atoms with Gasteiger partial charge in [0.15, 0.2) is 5.11 Å². The Morgan fingerprint density at radius 1 is 0.727 bits per heavy atom. The third kappa shape index (κ3) is 11.8. The fourth-order valence-electron chi connectivity index (χ4n) is 4.46. The summed E-state index contributed by atoms with van der Waals surface area (Å²) in [5.74, 6) is -2.97. The van der Waals surface area contributed by atoms with Crippen LogP contribution in [-0.2, 0) is 38.4 Å². The Bertz CT molecular complexity index is 1430. The Labute approximate surface area is 262 Å². The van der Waals surface area contributed by atoms with Gasteiger partial charge in [-0.2, -0.15) is 0 Å². The number of anilines is 2. The van der Waals surface area contributed by atoms with E-state index in [4.69, 9.17) is 17.3 Å². The van der Waals surface area contributed by atoms with Crippen LogP contribution in [0.25, 0.3) is 0 Å². The van der Waals surface area contributed by atoms with E-state index >= 15 is 0 Å². The zero-order chi connectivity index (χ0) is 32.1. The molecule has 0 aromatic heterocycles. The summed E-state index contributed by atoms with van der Waals surface area (Å²) in [6.07, 6.45) is 0.766. The zero-order valence-corrected chi connectivity index (χ0v) is 25.5. The van der Waals surface area contributed by atoms with E-state index in [1.165, 1.54) is 0 Å².